The van der Waals surface area contributed by atoms with Gasteiger partial charge in [-0.25, -0.2) is 4.98 Å². The van der Waals surface area contributed by atoms with Crippen LogP contribution in [0.25, 0.3) is 0 Å². The van der Waals surface area contributed by atoms with Gasteiger partial charge in [-0.2, -0.15) is 0 Å². The van der Waals surface area contributed by atoms with E-state index in [0.29, 0.717) is 12.4 Å². The summed E-state index contributed by atoms with van der Waals surface area (Å²) in [6, 6.07) is 0. The van der Waals surface area contributed by atoms with Crippen LogP contribution in [-0.4, -0.2) is 27.8 Å². The number of aliphatic hydroxyl groups excluding tert-OH is 1. The first-order valence-electron chi connectivity index (χ1n) is 3.74. The summed E-state index contributed by atoms with van der Waals surface area (Å²) in [5.74, 6) is 0.701. The van der Waals surface area contributed by atoms with Gasteiger partial charge in [0.1, 0.15) is 18.2 Å². The first-order valence-corrected chi connectivity index (χ1v) is 3.74. The zero-order chi connectivity index (χ0) is 8.55. The maximum absolute atomic E-state index is 9.25. The number of hydrogen-bond donors (Lipinski definition) is 5. The molecule has 2 heterocycles. The van der Waals surface area contributed by atoms with Gasteiger partial charge in [0.2, 0.25) is 0 Å². The minimum absolute atomic E-state index is 0.396. The fraction of sp³-hybridized carbons (Fsp3) is 0.500. The number of imidazole rings is 1. The first kappa shape index (κ1) is 7.53. The lowest BCUT2D eigenvalue weighted by atomic mass is 10.3. The van der Waals surface area contributed by atoms with Crippen LogP contribution in [0.15, 0.2) is 6.33 Å². The van der Waals surface area contributed by atoms with E-state index < -0.39 is 12.4 Å². The lowest BCUT2D eigenvalue weighted by molar-refractivity contribution is 0.137. The molecule has 0 amide bonds. The standard InChI is InChI=1S/C6H11N5O/c7-5-4-6(10-2-9-4)8-1-3(12)11-5/h2-3,5,8,11-12H,1,7H2,(H,9,10)/t3-,5+/m1/s1. The van der Waals surface area contributed by atoms with E-state index in [1.165, 1.54) is 0 Å². The molecule has 0 saturated carbocycles. The van der Waals surface area contributed by atoms with Crippen LogP contribution in [0.1, 0.15) is 11.9 Å². The molecular formula is C6H11N5O. The fourth-order valence-electron chi connectivity index (χ4n) is 1.23. The van der Waals surface area contributed by atoms with Gasteiger partial charge in [0.05, 0.1) is 18.6 Å². The van der Waals surface area contributed by atoms with Crippen LogP contribution in [0.3, 0.4) is 0 Å². The van der Waals surface area contributed by atoms with Gasteiger partial charge < -0.3 is 21.1 Å². The predicted molar refractivity (Wildman–Crippen MR) is 43.1 cm³/mol. The van der Waals surface area contributed by atoms with Crippen molar-refractivity contribution in [3.63, 3.8) is 0 Å². The molecule has 6 heteroatoms. The molecule has 12 heavy (non-hydrogen) atoms. The van der Waals surface area contributed by atoms with Crippen molar-refractivity contribution in [2.75, 3.05) is 11.9 Å². The van der Waals surface area contributed by atoms with Crippen LogP contribution >= 0.6 is 0 Å². The van der Waals surface area contributed by atoms with Gasteiger partial charge >= 0.3 is 0 Å². The topological polar surface area (TPSA) is 99.0 Å². The minimum atomic E-state index is -0.636. The largest absolute Gasteiger partial charge is 0.377 e. The molecule has 2 rings (SSSR count). The third kappa shape index (κ3) is 1.15. The highest BCUT2D eigenvalue weighted by molar-refractivity contribution is 5.42. The molecule has 2 atom stereocenters. The van der Waals surface area contributed by atoms with Gasteiger partial charge in [0.25, 0.3) is 0 Å². The summed E-state index contributed by atoms with van der Waals surface area (Å²) in [6.45, 7) is 0.408. The van der Waals surface area contributed by atoms with Crippen molar-refractivity contribution in [2.24, 2.45) is 5.73 Å². The molecule has 0 fully saturated rings. The Morgan fingerprint density at radius 2 is 2.50 bits per heavy atom. The van der Waals surface area contributed by atoms with Crippen LogP contribution < -0.4 is 16.4 Å². The number of fused-ring (bicyclic) bond motifs is 1. The Balaban J connectivity index is 2.29. The Labute approximate surface area is 69.2 Å². The molecule has 0 saturated heterocycles. The van der Waals surface area contributed by atoms with Gasteiger partial charge in [0, 0.05) is 0 Å². The monoisotopic (exact) mass is 169 g/mol. The highest BCUT2D eigenvalue weighted by Crippen LogP contribution is 2.17. The van der Waals surface area contributed by atoms with Gasteiger partial charge in [-0.15, -0.1) is 0 Å². The quantitative estimate of drug-likeness (QED) is 0.332. The minimum Gasteiger partial charge on any atom is -0.377 e. The summed E-state index contributed by atoms with van der Waals surface area (Å²) in [4.78, 5) is 6.90. The van der Waals surface area contributed by atoms with Crippen LogP contribution in [0.4, 0.5) is 5.82 Å². The molecule has 1 aromatic heterocycles. The summed E-state index contributed by atoms with van der Waals surface area (Å²) in [6.07, 6.45) is 0.534. The van der Waals surface area contributed by atoms with Crippen LogP contribution in [0, 0.1) is 0 Å². The molecule has 6 N–H and O–H groups in total. The zero-order valence-electron chi connectivity index (χ0n) is 6.41. The molecule has 1 aliphatic heterocycles. The molecule has 0 radical (unpaired) electrons. The lowest BCUT2D eigenvalue weighted by Gasteiger charge is -2.12. The Hall–Kier alpha value is -1.11. The average Bonchev–Trinajstić information content (AvgIpc) is 2.43. The number of β-amino-alcohol motifs (C(OH)–C–C–N with tert-alkyl or cyclic N) is 1. The van der Waals surface area contributed by atoms with Gasteiger partial charge in [0.15, 0.2) is 0 Å². The van der Waals surface area contributed by atoms with E-state index >= 15 is 0 Å². The van der Waals surface area contributed by atoms with E-state index in [2.05, 4.69) is 20.6 Å². The average molecular weight is 169 g/mol. The molecule has 6 nitrogen and oxygen atoms in total. The summed E-state index contributed by atoms with van der Waals surface area (Å²) in [5, 5.41) is 15.0. The Bertz CT molecular complexity index is 273. The Kier molecular flexibility index (Phi) is 1.72. The number of anilines is 1. The second-order valence-corrected chi connectivity index (χ2v) is 2.71. The number of nitrogens with zero attached hydrogens (tertiary/aromatic N) is 1. The second kappa shape index (κ2) is 2.74. The van der Waals surface area contributed by atoms with Crippen molar-refractivity contribution < 1.29 is 5.11 Å². The maximum atomic E-state index is 9.25. The Morgan fingerprint density at radius 3 is 3.33 bits per heavy atom. The van der Waals surface area contributed by atoms with Crippen molar-refractivity contribution in [3.8, 4) is 0 Å². The van der Waals surface area contributed by atoms with Crippen LogP contribution in [0.2, 0.25) is 0 Å². The molecule has 1 aliphatic rings. The SMILES string of the molecule is N[C@H]1N[C@H](O)CNc2nc[nH]c21. The normalized spacial score (nSPS) is 28.8. The number of hydrogen-bond acceptors (Lipinski definition) is 5. The van der Waals surface area contributed by atoms with E-state index in [9.17, 15) is 5.11 Å². The zero-order valence-corrected chi connectivity index (χ0v) is 6.41. The second-order valence-electron chi connectivity index (χ2n) is 2.71. The number of aromatic amines is 1. The number of aliphatic hydroxyl groups is 1. The number of nitrogens with two attached hydrogens (primary N) is 1. The summed E-state index contributed by atoms with van der Waals surface area (Å²) < 4.78 is 0. The lowest BCUT2D eigenvalue weighted by Crippen LogP contribution is -2.39. The number of nitrogens with one attached hydrogen (secondary N) is 3. The van der Waals surface area contributed by atoms with Crippen LogP contribution in [0.5, 0.6) is 0 Å². The highest BCUT2D eigenvalue weighted by Gasteiger charge is 2.20. The summed E-state index contributed by atoms with van der Waals surface area (Å²) >= 11 is 0. The van der Waals surface area contributed by atoms with Crippen molar-refractivity contribution in [1.29, 1.82) is 0 Å². The van der Waals surface area contributed by atoms with Crippen molar-refractivity contribution >= 4 is 5.82 Å². The van der Waals surface area contributed by atoms with Crippen molar-refractivity contribution in [2.45, 2.75) is 12.4 Å². The van der Waals surface area contributed by atoms with E-state index in [1.807, 2.05) is 0 Å². The molecular weight excluding hydrogens is 158 g/mol. The van der Waals surface area contributed by atoms with E-state index in [0.717, 1.165) is 5.69 Å². The molecule has 0 aliphatic carbocycles. The molecule has 0 aromatic carbocycles. The van der Waals surface area contributed by atoms with Gasteiger partial charge in [-0.3, -0.25) is 5.32 Å². The molecule has 0 spiro atoms. The van der Waals surface area contributed by atoms with Crippen LogP contribution in [-0.2, 0) is 0 Å². The Morgan fingerprint density at radius 1 is 1.67 bits per heavy atom. The van der Waals surface area contributed by atoms with E-state index in [-0.39, 0.29) is 0 Å². The predicted octanol–water partition coefficient (Wildman–Crippen LogP) is -1.30. The smallest absolute Gasteiger partial charge is 0.150 e. The number of rotatable bonds is 0. The van der Waals surface area contributed by atoms with Crippen molar-refractivity contribution in [1.82, 2.24) is 15.3 Å². The third-order valence-corrected chi connectivity index (χ3v) is 1.81. The summed E-state index contributed by atoms with van der Waals surface area (Å²) in [7, 11) is 0. The fourth-order valence-corrected chi connectivity index (χ4v) is 1.23. The highest BCUT2D eigenvalue weighted by atomic mass is 16.3. The summed E-state index contributed by atoms with van der Waals surface area (Å²) in [5.41, 5.74) is 6.47. The first-order chi connectivity index (χ1) is 5.77. The maximum Gasteiger partial charge on any atom is 0.150 e. The number of aromatic nitrogens is 2. The molecule has 0 bridgehead atoms. The van der Waals surface area contributed by atoms with E-state index in [4.69, 9.17) is 5.73 Å². The third-order valence-electron chi connectivity index (χ3n) is 1.81. The van der Waals surface area contributed by atoms with Gasteiger partial charge in [-0.1, -0.05) is 0 Å². The van der Waals surface area contributed by atoms with Crippen molar-refractivity contribution in [3.05, 3.63) is 12.0 Å². The number of H-pyrrole nitrogens is 1. The molecule has 1 aromatic rings. The van der Waals surface area contributed by atoms with E-state index in [1.54, 1.807) is 6.33 Å². The molecule has 66 valence electrons. The molecule has 0 unspecified atom stereocenters. The van der Waals surface area contributed by atoms with Gasteiger partial charge in [-0.05, 0) is 0 Å².